The molecule has 1 saturated carbocycles. The Labute approximate surface area is 203 Å². The van der Waals surface area contributed by atoms with Crippen LogP contribution in [0.1, 0.15) is 63.4 Å². The smallest absolute Gasteiger partial charge is 0.243 e. The highest BCUT2D eigenvalue weighted by molar-refractivity contribution is 5.92. The highest BCUT2D eigenvalue weighted by Crippen LogP contribution is 2.35. The first kappa shape index (κ1) is 23.6. The fourth-order valence-electron chi connectivity index (χ4n) is 6.69. The molecule has 0 aromatic heterocycles. The topological polar surface area (TPSA) is 76.1 Å². The quantitative estimate of drug-likeness (QED) is 0.695. The molecule has 0 unspecified atom stereocenters. The molecule has 4 fully saturated rings. The summed E-state index contributed by atoms with van der Waals surface area (Å²) in [4.78, 5) is 33.3. The normalized spacial score (nSPS) is 28.2. The third-order valence-corrected chi connectivity index (χ3v) is 8.87. The predicted molar refractivity (Wildman–Crippen MR) is 131 cm³/mol. The monoisotopic (exact) mass is 468 g/mol. The number of para-hydroxylation sites is 1. The second kappa shape index (κ2) is 9.86. The van der Waals surface area contributed by atoms with Crippen molar-refractivity contribution in [2.24, 2.45) is 5.92 Å². The van der Waals surface area contributed by atoms with E-state index in [4.69, 9.17) is 0 Å². The number of phenolic OH excluding ortho intramolecular Hbond substituents is 1. The van der Waals surface area contributed by atoms with E-state index in [0.29, 0.717) is 25.3 Å². The van der Waals surface area contributed by atoms with E-state index in [1.807, 2.05) is 23.1 Å². The second-order valence-electron chi connectivity index (χ2n) is 11.2. The number of piperidine rings is 1. The number of likely N-dealkylation sites (N-methyl/N-ethyl adjacent to an activating group) is 1. The summed E-state index contributed by atoms with van der Waals surface area (Å²) in [6.45, 7) is 4.06. The van der Waals surface area contributed by atoms with Gasteiger partial charge < -0.3 is 20.2 Å². The molecule has 3 aliphatic heterocycles. The van der Waals surface area contributed by atoms with Gasteiger partial charge in [-0.15, -0.1) is 0 Å². The average Bonchev–Trinajstić information content (AvgIpc) is 3.26. The van der Waals surface area contributed by atoms with Gasteiger partial charge in [0.2, 0.25) is 11.8 Å². The first-order chi connectivity index (χ1) is 16.4. The third kappa shape index (κ3) is 4.96. The van der Waals surface area contributed by atoms with E-state index >= 15 is 0 Å². The van der Waals surface area contributed by atoms with Crippen molar-refractivity contribution in [3.8, 4) is 5.75 Å². The van der Waals surface area contributed by atoms with Crippen LogP contribution in [-0.4, -0.2) is 82.5 Å². The molecule has 1 aliphatic carbocycles. The Bertz CT molecular complexity index is 864. The average molecular weight is 469 g/mol. The number of carbonyl (C=O) groups excluding carboxylic acids is 2. The van der Waals surface area contributed by atoms with Gasteiger partial charge in [-0.25, -0.2) is 0 Å². The molecule has 7 nitrogen and oxygen atoms in total. The largest absolute Gasteiger partial charge is 0.508 e. The summed E-state index contributed by atoms with van der Waals surface area (Å²) in [6.07, 6.45) is 9.35. The maximum atomic E-state index is 13.4. The van der Waals surface area contributed by atoms with Gasteiger partial charge in [0.15, 0.2) is 0 Å². The minimum absolute atomic E-state index is 0.0357. The molecule has 1 spiro atoms. The molecule has 2 amide bonds. The Hall–Kier alpha value is -2.12. The first-order valence-electron chi connectivity index (χ1n) is 13.2. The van der Waals surface area contributed by atoms with E-state index in [2.05, 4.69) is 22.2 Å². The van der Waals surface area contributed by atoms with Crippen molar-refractivity contribution >= 4 is 11.8 Å². The number of likely N-dealkylation sites (tertiary alicyclic amines) is 1. The van der Waals surface area contributed by atoms with Gasteiger partial charge in [-0.1, -0.05) is 37.5 Å². The number of fused-ring (bicyclic) bond motifs is 1. The van der Waals surface area contributed by atoms with E-state index in [1.54, 1.807) is 6.07 Å². The molecule has 1 aromatic rings. The summed E-state index contributed by atoms with van der Waals surface area (Å²) in [7, 11) is 2.18. The Morgan fingerprint density at radius 3 is 2.59 bits per heavy atom. The number of hydrogen-bond acceptors (Lipinski definition) is 5. The standard InChI is InChI=1S/C27H40N4O3/c1-29(17-20-7-3-2-4-8-20)22-15-23-26(34)28-27(16-25(33)31(23)19-22)11-13-30(14-12-27)18-21-9-5-6-10-24(21)32/h5-6,9-10,20,22-23,32H,2-4,7-8,11-19H2,1H3,(H,28,34)/t22-,23-/m0/s1. The van der Waals surface area contributed by atoms with Gasteiger partial charge in [0.1, 0.15) is 11.8 Å². The Morgan fingerprint density at radius 1 is 1.12 bits per heavy atom. The van der Waals surface area contributed by atoms with Crippen LogP contribution in [0.15, 0.2) is 24.3 Å². The lowest BCUT2D eigenvalue weighted by Crippen LogP contribution is -2.56. The highest BCUT2D eigenvalue weighted by Gasteiger charge is 2.49. The van der Waals surface area contributed by atoms with Crippen molar-refractivity contribution in [2.45, 2.75) is 82.0 Å². The number of aromatic hydroxyl groups is 1. The molecule has 34 heavy (non-hydrogen) atoms. The van der Waals surface area contributed by atoms with Crippen LogP contribution in [0.4, 0.5) is 0 Å². The lowest BCUT2D eigenvalue weighted by Gasteiger charge is -2.41. The molecule has 3 saturated heterocycles. The molecule has 0 radical (unpaired) electrons. The van der Waals surface area contributed by atoms with Crippen LogP contribution in [0.3, 0.4) is 0 Å². The van der Waals surface area contributed by atoms with Crippen LogP contribution in [-0.2, 0) is 16.1 Å². The van der Waals surface area contributed by atoms with Crippen molar-refractivity contribution in [1.82, 2.24) is 20.0 Å². The minimum Gasteiger partial charge on any atom is -0.508 e. The number of rotatable bonds is 5. The van der Waals surface area contributed by atoms with Crippen molar-refractivity contribution in [2.75, 3.05) is 33.2 Å². The van der Waals surface area contributed by atoms with Crippen LogP contribution in [0, 0.1) is 5.92 Å². The maximum Gasteiger partial charge on any atom is 0.243 e. The molecule has 2 N–H and O–H groups in total. The number of amides is 2. The predicted octanol–water partition coefficient (Wildman–Crippen LogP) is 2.73. The summed E-state index contributed by atoms with van der Waals surface area (Å²) in [5, 5.41) is 13.4. The van der Waals surface area contributed by atoms with Crippen LogP contribution < -0.4 is 5.32 Å². The molecular weight excluding hydrogens is 428 g/mol. The SMILES string of the molecule is CN(CC1CCCCC1)[C@H]1C[C@H]2C(=O)NC3(CCN(Cc4ccccc4O)CC3)CC(=O)N2C1. The number of carbonyl (C=O) groups is 2. The van der Waals surface area contributed by atoms with Gasteiger partial charge in [0.25, 0.3) is 0 Å². The molecule has 3 heterocycles. The van der Waals surface area contributed by atoms with Gasteiger partial charge in [0, 0.05) is 44.3 Å². The molecule has 1 aromatic carbocycles. The maximum absolute atomic E-state index is 13.4. The number of nitrogens with zero attached hydrogens (tertiary/aromatic N) is 3. The molecule has 7 heteroatoms. The van der Waals surface area contributed by atoms with Gasteiger partial charge in [-0.05, 0) is 51.1 Å². The van der Waals surface area contributed by atoms with E-state index < -0.39 is 5.54 Å². The molecule has 186 valence electrons. The Balaban J connectivity index is 1.18. The van der Waals surface area contributed by atoms with Crippen molar-refractivity contribution < 1.29 is 14.7 Å². The van der Waals surface area contributed by atoms with E-state index in [9.17, 15) is 14.7 Å². The first-order valence-corrected chi connectivity index (χ1v) is 13.2. The fraction of sp³-hybridized carbons (Fsp3) is 0.704. The van der Waals surface area contributed by atoms with Crippen molar-refractivity contribution in [3.05, 3.63) is 29.8 Å². The van der Waals surface area contributed by atoms with Crippen molar-refractivity contribution in [1.29, 1.82) is 0 Å². The molecule has 0 bridgehead atoms. The lowest BCUT2D eigenvalue weighted by molar-refractivity contribution is -0.135. The van der Waals surface area contributed by atoms with Crippen LogP contribution in [0.5, 0.6) is 5.75 Å². The Morgan fingerprint density at radius 2 is 1.85 bits per heavy atom. The van der Waals surface area contributed by atoms with E-state index in [0.717, 1.165) is 50.4 Å². The lowest BCUT2D eigenvalue weighted by atomic mass is 9.83. The summed E-state index contributed by atoms with van der Waals surface area (Å²) in [5.74, 6) is 1.25. The van der Waals surface area contributed by atoms with Crippen molar-refractivity contribution in [3.63, 3.8) is 0 Å². The second-order valence-corrected chi connectivity index (χ2v) is 11.2. The zero-order valence-corrected chi connectivity index (χ0v) is 20.5. The summed E-state index contributed by atoms with van der Waals surface area (Å²) < 4.78 is 0. The van der Waals surface area contributed by atoms with E-state index in [1.165, 1.54) is 32.1 Å². The zero-order valence-electron chi connectivity index (χ0n) is 20.5. The highest BCUT2D eigenvalue weighted by atomic mass is 16.3. The number of hydrogen-bond donors (Lipinski definition) is 2. The van der Waals surface area contributed by atoms with Gasteiger partial charge in [-0.3, -0.25) is 14.5 Å². The van der Waals surface area contributed by atoms with Gasteiger partial charge in [-0.2, -0.15) is 0 Å². The van der Waals surface area contributed by atoms with Gasteiger partial charge >= 0.3 is 0 Å². The fourth-order valence-corrected chi connectivity index (χ4v) is 6.69. The zero-order chi connectivity index (χ0) is 23.7. The summed E-state index contributed by atoms with van der Waals surface area (Å²) in [6, 6.07) is 7.39. The third-order valence-electron chi connectivity index (χ3n) is 8.87. The van der Waals surface area contributed by atoms with Crippen LogP contribution in [0.2, 0.25) is 0 Å². The number of phenols is 1. The molecular formula is C27H40N4O3. The number of benzene rings is 1. The van der Waals surface area contributed by atoms with E-state index in [-0.39, 0.29) is 23.9 Å². The minimum atomic E-state index is -0.433. The van der Waals surface area contributed by atoms with Crippen LogP contribution >= 0.6 is 0 Å². The van der Waals surface area contributed by atoms with Gasteiger partial charge in [0.05, 0.1) is 12.0 Å². The molecule has 4 aliphatic rings. The summed E-state index contributed by atoms with van der Waals surface area (Å²) in [5.41, 5.74) is 0.487. The van der Waals surface area contributed by atoms with Crippen LogP contribution in [0.25, 0.3) is 0 Å². The molecule has 2 atom stereocenters. The number of nitrogens with one attached hydrogen (secondary N) is 1. The summed E-state index contributed by atoms with van der Waals surface area (Å²) >= 11 is 0. The molecule has 5 rings (SSSR count). The Kier molecular flexibility index (Phi) is 6.85.